The smallest absolute Gasteiger partial charge is 0.0424 e. The van der Waals surface area contributed by atoms with Gasteiger partial charge in [-0.05, 0) is 56.7 Å². The van der Waals surface area contributed by atoms with Gasteiger partial charge >= 0.3 is 0 Å². The Labute approximate surface area is 124 Å². The zero-order valence-corrected chi connectivity index (χ0v) is 13.3. The van der Waals surface area contributed by atoms with Crippen LogP contribution in [0.2, 0.25) is 0 Å². The van der Waals surface area contributed by atoms with Crippen molar-refractivity contribution in [2.75, 3.05) is 19.6 Å². The lowest BCUT2D eigenvalue weighted by Gasteiger charge is -2.24. The predicted molar refractivity (Wildman–Crippen MR) is 86.7 cm³/mol. The molecule has 0 aliphatic carbocycles. The number of benzene rings is 1. The standard InChI is InChI=1S/C18H30N2/c1-14(2)16-5-4-11-20(12-10-16)13-18(19)17-8-6-15(3)7-9-17/h6-9,14,16,18H,4-5,10-13,19H2,1-3H3. The van der Waals surface area contributed by atoms with Crippen molar-refractivity contribution in [3.8, 4) is 0 Å². The normalized spacial score (nSPS) is 22.8. The van der Waals surface area contributed by atoms with E-state index in [0.29, 0.717) is 0 Å². The molecule has 2 heteroatoms. The number of hydrogen-bond acceptors (Lipinski definition) is 2. The fourth-order valence-corrected chi connectivity index (χ4v) is 3.23. The predicted octanol–water partition coefficient (Wildman–Crippen LogP) is 3.75. The Morgan fingerprint density at radius 2 is 1.85 bits per heavy atom. The maximum absolute atomic E-state index is 6.38. The topological polar surface area (TPSA) is 29.3 Å². The molecule has 0 spiro atoms. The molecule has 1 aliphatic heterocycles. The fraction of sp³-hybridized carbons (Fsp3) is 0.667. The Balaban J connectivity index is 1.88. The summed E-state index contributed by atoms with van der Waals surface area (Å²) in [4.78, 5) is 2.56. The molecular formula is C18H30N2. The lowest BCUT2D eigenvalue weighted by Crippen LogP contribution is -2.33. The third kappa shape index (κ3) is 4.32. The largest absolute Gasteiger partial charge is 0.323 e. The number of rotatable bonds is 4. The van der Waals surface area contributed by atoms with Gasteiger partial charge in [0.25, 0.3) is 0 Å². The summed E-state index contributed by atoms with van der Waals surface area (Å²) in [6.45, 7) is 10.3. The second kappa shape index (κ2) is 7.24. The quantitative estimate of drug-likeness (QED) is 0.906. The summed E-state index contributed by atoms with van der Waals surface area (Å²) in [6, 6.07) is 8.81. The molecule has 0 bridgehead atoms. The molecule has 1 aliphatic rings. The van der Waals surface area contributed by atoms with Gasteiger partial charge in [0, 0.05) is 12.6 Å². The summed E-state index contributed by atoms with van der Waals surface area (Å²) < 4.78 is 0. The van der Waals surface area contributed by atoms with E-state index in [1.54, 1.807) is 0 Å². The average Bonchev–Trinajstić information content (AvgIpc) is 2.65. The van der Waals surface area contributed by atoms with Crippen LogP contribution >= 0.6 is 0 Å². The van der Waals surface area contributed by atoms with Crippen LogP contribution in [0.3, 0.4) is 0 Å². The lowest BCUT2D eigenvalue weighted by molar-refractivity contribution is 0.257. The summed E-state index contributed by atoms with van der Waals surface area (Å²) >= 11 is 0. The summed E-state index contributed by atoms with van der Waals surface area (Å²) in [5, 5.41) is 0. The molecule has 2 rings (SSSR count). The Hall–Kier alpha value is -0.860. The average molecular weight is 274 g/mol. The summed E-state index contributed by atoms with van der Waals surface area (Å²) in [5.41, 5.74) is 8.95. The van der Waals surface area contributed by atoms with Gasteiger partial charge in [0.2, 0.25) is 0 Å². The highest BCUT2D eigenvalue weighted by Gasteiger charge is 2.20. The van der Waals surface area contributed by atoms with Crippen molar-refractivity contribution >= 4 is 0 Å². The first kappa shape index (κ1) is 15.5. The van der Waals surface area contributed by atoms with Crippen molar-refractivity contribution in [1.82, 2.24) is 4.90 Å². The zero-order valence-electron chi connectivity index (χ0n) is 13.3. The van der Waals surface area contributed by atoms with Gasteiger partial charge in [-0.15, -0.1) is 0 Å². The van der Waals surface area contributed by atoms with Crippen LogP contribution in [0.5, 0.6) is 0 Å². The number of likely N-dealkylation sites (tertiary alicyclic amines) is 1. The van der Waals surface area contributed by atoms with E-state index in [9.17, 15) is 0 Å². The monoisotopic (exact) mass is 274 g/mol. The Morgan fingerprint density at radius 3 is 2.50 bits per heavy atom. The molecule has 2 N–H and O–H groups in total. The molecule has 1 heterocycles. The van der Waals surface area contributed by atoms with Gasteiger partial charge in [0.05, 0.1) is 0 Å². The van der Waals surface area contributed by atoms with Crippen molar-refractivity contribution in [3.05, 3.63) is 35.4 Å². The van der Waals surface area contributed by atoms with Crippen LogP contribution in [-0.4, -0.2) is 24.5 Å². The van der Waals surface area contributed by atoms with E-state index in [4.69, 9.17) is 5.73 Å². The number of nitrogens with two attached hydrogens (primary N) is 1. The zero-order chi connectivity index (χ0) is 14.5. The van der Waals surface area contributed by atoms with Crippen molar-refractivity contribution < 1.29 is 0 Å². The summed E-state index contributed by atoms with van der Waals surface area (Å²) in [6.07, 6.45) is 4.04. The van der Waals surface area contributed by atoms with E-state index in [1.165, 1.54) is 43.5 Å². The van der Waals surface area contributed by atoms with Crippen molar-refractivity contribution in [2.45, 2.75) is 46.1 Å². The Kier molecular flexibility index (Phi) is 5.62. The van der Waals surface area contributed by atoms with E-state index in [1.807, 2.05) is 0 Å². The second-order valence-corrected chi connectivity index (χ2v) is 6.75. The molecule has 1 aromatic carbocycles. The van der Waals surface area contributed by atoms with Crippen molar-refractivity contribution in [3.63, 3.8) is 0 Å². The fourth-order valence-electron chi connectivity index (χ4n) is 3.23. The van der Waals surface area contributed by atoms with Gasteiger partial charge in [0.1, 0.15) is 0 Å². The first-order chi connectivity index (χ1) is 9.56. The van der Waals surface area contributed by atoms with E-state index >= 15 is 0 Å². The van der Waals surface area contributed by atoms with Crippen LogP contribution in [0, 0.1) is 18.8 Å². The molecule has 1 fully saturated rings. The highest BCUT2D eigenvalue weighted by atomic mass is 15.1. The van der Waals surface area contributed by atoms with E-state index in [0.717, 1.165) is 18.4 Å². The molecule has 0 amide bonds. The maximum Gasteiger partial charge on any atom is 0.0424 e. The molecule has 112 valence electrons. The van der Waals surface area contributed by atoms with Gasteiger partial charge in [-0.2, -0.15) is 0 Å². The molecule has 1 aromatic rings. The van der Waals surface area contributed by atoms with Crippen LogP contribution in [0.15, 0.2) is 24.3 Å². The Bertz CT molecular complexity index is 396. The molecule has 1 saturated heterocycles. The highest BCUT2D eigenvalue weighted by molar-refractivity contribution is 5.24. The van der Waals surface area contributed by atoms with Crippen LogP contribution in [0.25, 0.3) is 0 Å². The van der Waals surface area contributed by atoms with Crippen molar-refractivity contribution in [2.24, 2.45) is 17.6 Å². The molecule has 0 aromatic heterocycles. The molecular weight excluding hydrogens is 244 g/mol. The van der Waals surface area contributed by atoms with E-state index < -0.39 is 0 Å². The minimum Gasteiger partial charge on any atom is -0.323 e. The third-order valence-corrected chi connectivity index (χ3v) is 4.77. The van der Waals surface area contributed by atoms with E-state index in [2.05, 4.69) is 49.9 Å². The minimum atomic E-state index is 0.145. The minimum absolute atomic E-state index is 0.145. The number of nitrogens with zero attached hydrogens (tertiary/aromatic N) is 1. The number of aryl methyl sites for hydroxylation is 1. The third-order valence-electron chi connectivity index (χ3n) is 4.77. The van der Waals surface area contributed by atoms with Crippen LogP contribution in [0.4, 0.5) is 0 Å². The van der Waals surface area contributed by atoms with Gasteiger partial charge < -0.3 is 10.6 Å². The second-order valence-electron chi connectivity index (χ2n) is 6.75. The molecule has 0 radical (unpaired) electrons. The van der Waals surface area contributed by atoms with Crippen LogP contribution in [0.1, 0.15) is 50.3 Å². The first-order valence-electron chi connectivity index (χ1n) is 8.10. The summed E-state index contributed by atoms with van der Waals surface area (Å²) in [5.74, 6) is 1.72. The maximum atomic E-state index is 6.38. The highest BCUT2D eigenvalue weighted by Crippen LogP contribution is 2.25. The van der Waals surface area contributed by atoms with Gasteiger partial charge in [-0.3, -0.25) is 0 Å². The van der Waals surface area contributed by atoms with Gasteiger partial charge in [-0.1, -0.05) is 43.7 Å². The van der Waals surface area contributed by atoms with E-state index in [-0.39, 0.29) is 6.04 Å². The first-order valence-corrected chi connectivity index (χ1v) is 8.10. The molecule has 2 unspecified atom stereocenters. The molecule has 20 heavy (non-hydrogen) atoms. The van der Waals surface area contributed by atoms with Crippen LogP contribution in [-0.2, 0) is 0 Å². The molecule has 0 saturated carbocycles. The van der Waals surface area contributed by atoms with Gasteiger partial charge in [0.15, 0.2) is 0 Å². The SMILES string of the molecule is Cc1ccc(C(N)CN2CCCC(C(C)C)CC2)cc1. The molecule has 2 atom stereocenters. The van der Waals surface area contributed by atoms with Crippen molar-refractivity contribution in [1.29, 1.82) is 0 Å². The number of hydrogen-bond donors (Lipinski definition) is 1. The van der Waals surface area contributed by atoms with Crippen LogP contribution < -0.4 is 5.73 Å². The molecule has 2 nitrogen and oxygen atoms in total. The lowest BCUT2D eigenvalue weighted by atomic mass is 9.89. The van der Waals surface area contributed by atoms with Gasteiger partial charge in [-0.25, -0.2) is 0 Å². The summed E-state index contributed by atoms with van der Waals surface area (Å²) in [7, 11) is 0. The Morgan fingerprint density at radius 1 is 1.15 bits per heavy atom.